The number of ketones is 1. The lowest BCUT2D eigenvalue weighted by Gasteiger charge is -2.17. The predicted octanol–water partition coefficient (Wildman–Crippen LogP) is 3.44. The molecule has 144 valence electrons. The Balaban J connectivity index is 1.66. The molecule has 0 radical (unpaired) electrons. The van der Waals surface area contributed by atoms with Gasteiger partial charge in [-0.25, -0.2) is 0 Å². The van der Waals surface area contributed by atoms with Crippen LogP contribution in [0.2, 0.25) is 0 Å². The molecule has 0 bridgehead atoms. The van der Waals surface area contributed by atoms with Gasteiger partial charge in [-0.3, -0.25) is 14.5 Å². The Bertz CT molecular complexity index is 836. The van der Waals surface area contributed by atoms with Crippen LogP contribution in [0, 0.1) is 0 Å². The number of anilines is 1. The molecule has 1 fully saturated rings. The van der Waals surface area contributed by atoms with Gasteiger partial charge in [-0.05, 0) is 25.0 Å². The largest absolute Gasteiger partial charge is 0.497 e. The third-order valence-corrected chi connectivity index (χ3v) is 6.18. The highest BCUT2D eigenvalue weighted by Gasteiger charge is 2.35. The molecule has 0 atom stereocenters. The number of thioether (sulfide) groups is 1. The Hall–Kier alpha value is -2.13. The highest BCUT2D eigenvalue weighted by atomic mass is 32.2. The highest BCUT2D eigenvalue weighted by molar-refractivity contribution is 8.01. The molecular weight excluding hydrogens is 386 g/mol. The Morgan fingerprint density at radius 1 is 1.26 bits per heavy atom. The van der Waals surface area contributed by atoms with Gasteiger partial charge in [0, 0.05) is 18.5 Å². The zero-order valence-corrected chi connectivity index (χ0v) is 17.1. The van der Waals surface area contributed by atoms with Gasteiger partial charge in [-0.1, -0.05) is 30.0 Å². The lowest BCUT2D eigenvalue weighted by Crippen LogP contribution is -2.32. The van der Waals surface area contributed by atoms with Crippen molar-refractivity contribution in [2.75, 3.05) is 24.9 Å². The van der Waals surface area contributed by atoms with Gasteiger partial charge in [-0.15, -0.1) is 10.2 Å². The van der Waals surface area contributed by atoms with Crippen LogP contribution in [0.25, 0.3) is 0 Å². The number of carbonyl (C=O) groups excluding carboxylic acids is 2. The number of carbonyl (C=O) groups is 2. The number of ether oxygens (including phenoxy) is 2. The van der Waals surface area contributed by atoms with Gasteiger partial charge >= 0.3 is 0 Å². The summed E-state index contributed by atoms with van der Waals surface area (Å²) in [5.74, 6) is 1.31. The number of rotatable bonds is 9. The lowest BCUT2D eigenvalue weighted by atomic mass is 10.1. The quantitative estimate of drug-likeness (QED) is 0.358. The van der Waals surface area contributed by atoms with E-state index in [9.17, 15) is 9.59 Å². The van der Waals surface area contributed by atoms with Crippen molar-refractivity contribution in [3.8, 4) is 11.5 Å². The number of amides is 1. The van der Waals surface area contributed by atoms with Crippen LogP contribution in [0.5, 0.6) is 11.5 Å². The molecule has 1 aromatic heterocycles. The molecule has 1 aliphatic rings. The van der Waals surface area contributed by atoms with Crippen molar-refractivity contribution in [3.05, 3.63) is 23.8 Å². The maximum Gasteiger partial charge on any atom is 0.228 e. The van der Waals surface area contributed by atoms with Crippen LogP contribution in [0.15, 0.2) is 22.5 Å². The van der Waals surface area contributed by atoms with Gasteiger partial charge in [0.2, 0.25) is 11.0 Å². The predicted molar refractivity (Wildman–Crippen MR) is 105 cm³/mol. The zero-order valence-electron chi connectivity index (χ0n) is 15.4. The third-order valence-electron chi connectivity index (χ3n) is 4.12. The first-order valence-corrected chi connectivity index (χ1v) is 10.4. The molecule has 1 heterocycles. The minimum absolute atomic E-state index is 0.0595. The van der Waals surface area contributed by atoms with Crippen molar-refractivity contribution in [1.82, 2.24) is 10.2 Å². The van der Waals surface area contributed by atoms with Crippen molar-refractivity contribution in [1.29, 1.82) is 0 Å². The van der Waals surface area contributed by atoms with Crippen molar-refractivity contribution in [2.45, 2.75) is 36.6 Å². The molecular formula is C18H21N3O4S2. The Labute approximate surface area is 166 Å². The summed E-state index contributed by atoms with van der Waals surface area (Å²) in [7, 11) is 3.08. The Morgan fingerprint density at radius 2 is 2.04 bits per heavy atom. The van der Waals surface area contributed by atoms with Crippen LogP contribution < -0.4 is 14.4 Å². The molecule has 2 aromatic rings. The lowest BCUT2D eigenvalue weighted by molar-refractivity contribution is -0.118. The molecule has 27 heavy (non-hydrogen) atoms. The van der Waals surface area contributed by atoms with E-state index in [-0.39, 0.29) is 23.5 Å². The summed E-state index contributed by atoms with van der Waals surface area (Å²) in [6.07, 6.45) is 2.45. The highest BCUT2D eigenvalue weighted by Crippen LogP contribution is 2.36. The number of nitrogens with zero attached hydrogens (tertiary/aromatic N) is 3. The van der Waals surface area contributed by atoms with E-state index in [0.29, 0.717) is 33.0 Å². The van der Waals surface area contributed by atoms with Crippen molar-refractivity contribution in [2.24, 2.45) is 0 Å². The number of hydrogen-bond acceptors (Lipinski definition) is 8. The van der Waals surface area contributed by atoms with E-state index >= 15 is 0 Å². The minimum atomic E-state index is -0.0695. The van der Waals surface area contributed by atoms with Gasteiger partial charge in [0.05, 0.1) is 25.5 Å². The SMILES string of the molecule is CCC(=O)N(c1nnc(SCC(=O)c2ccc(OC)cc2OC)s1)C1CC1. The molecule has 0 unspecified atom stereocenters. The molecule has 1 aliphatic carbocycles. The van der Waals surface area contributed by atoms with Gasteiger partial charge in [0.25, 0.3) is 0 Å². The fourth-order valence-corrected chi connectivity index (χ4v) is 4.38. The van der Waals surface area contributed by atoms with E-state index in [1.165, 1.54) is 30.2 Å². The summed E-state index contributed by atoms with van der Waals surface area (Å²) in [5.41, 5.74) is 0.497. The van der Waals surface area contributed by atoms with Gasteiger partial charge < -0.3 is 9.47 Å². The minimum Gasteiger partial charge on any atom is -0.497 e. The number of hydrogen-bond donors (Lipinski definition) is 0. The van der Waals surface area contributed by atoms with E-state index in [2.05, 4.69) is 10.2 Å². The summed E-state index contributed by atoms with van der Waals surface area (Å²) >= 11 is 2.66. The maximum atomic E-state index is 12.6. The topological polar surface area (TPSA) is 81.6 Å². The zero-order chi connectivity index (χ0) is 19.4. The molecule has 9 heteroatoms. The summed E-state index contributed by atoms with van der Waals surface area (Å²) in [6.45, 7) is 1.84. The monoisotopic (exact) mass is 407 g/mol. The summed E-state index contributed by atoms with van der Waals surface area (Å²) < 4.78 is 11.1. The van der Waals surface area contributed by atoms with Crippen LogP contribution >= 0.6 is 23.1 Å². The van der Waals surface area contributed by atoms with Gasteiger partial charge in [0.1, 0.15) is 11.5 Å². The number of aromatic nitrogens is 2. The Morgan fingerprint density at radius 3 is 2.67 bits per heavy atom. The van der Waals surface area contributed by atoms with Gasteiger partial charge in [0.15, 0.2) is 10.1 Å². The van der Waals surface area contributed by atoms with Crippen LogP contribution in [0.1, 0.15) is 36.5 Å². The van der Waals surface area contributed by atoms with Gasteiger partial charge in [-0.2, -0.15) is 0 Å². The maximum absolute atomic E-state index is 12.6. The van der Waals surface area contributed by atoms with E-state index in [4.69, 9.17) is 9.47 Å². The number of benzene rings is 1. The second-order valence-corrected chi connectivity index (χ2v) is 8.16. The molecule has 3 rings (SSSR count). The summed E-state index contributed by atoms with van der Waals surface area (Å²) in [6, 6.07) is 5.35. The normalized spacial score (nSPS) is 13.3. The van der Waals surface area contributed by atoms with E-state index in [1.807, 2.05) is 6.92 Å². The summed E-state index contributed by atoms with van der Waals surface area (Å²) in [5, 5.41) is 8.90. The second kappa shape index (κ2) is 8.71. The van der Waals surface area contributed by atoms with Crippen LogP contribution in [-0.2, 0) is 4.79 Å². The first-order chi connectivity index (χ1) is 13.1. The molecule has 0 aliphatic heterocycles. The van der Waals surface area contributed by atoms with Crippen LogP contribution in [0.4, 0.5) is 5.13 Å². The third kappa shape index (κ3) is 4.59. The summed E-state index contributed by atoms with van der Waals surface area (Å²) in [4.78, 5) is 26.5. The second-order valence-electron chi connectivity index (χ2n) is 5.98. The standard InChI is InChI=1S/C18H21N3O4S2/c1-4-16(23)21(11-5-6-11)17-19-20-18(27-17)26-10-14(22)13-8-7-12(24-2)9-15(13)25-3/h7-9,11H,4-6,10H2,1-3H3. The molecule has 7 nitrogen and oxygen atoms in total. The fourth-order valence-electron chi connectivity index (χ4n) is 2.56. The van der Waals surface area contributed by atoms with Crippen molar-refractivity contribution >= 4 is 39.9 Å². The molecule has 1 amide bonds. The molecule has 0 spiro atoms. The van der Waals surface area contributed by atoms with Crippen LogP contribution in [-0.4, -0.2) is 47.9 Å². The van der Waals surface area contributed by atoms with E-state index < -0.39 is 0 Å². The molecule has 0 N–H and O–H groups in total. The first kappa shape index (κ1) is 19.6. The Kier molecular flexibility index (Phi) is 6.33. The average molecular weight is 408 g/mol. The first-order valence-electron chi connectivity index (χ1n) is 8.61. The smallest absolute Gasteiger partial charge is 0.228 e. The van der Waals surface area contributed by atoms with Crippen molar-refractivity contribution < 1.29 is 19.1 Å². The van der Waals surface area contributed by atoms with E-state index in [1.54, 1.807) is 30.2 Å². The van der Waals surface area contributed by atoms with Crippen LogP contribution in [0.3, 0.4) is 0 Å². The van der Waals surface area contributed by atoms with E-state index in [0.717, 1.165) is 12.8 Å². The number of Topliss-reactive ketones (excluding diaryl/α,β-unsaturated/α-hetero) is 1. The molecule has 1 saturated carbocycles. The molecule has 0 saturated heterocycles. The average Bonchev–Trinajstić information content (AvgIpc) is 3.42. The number of methoxy groups -OCH3 is 2. The molecule has 1 aromatic carbocycles. The fraction of sp³-hybridized carbons (Fsp3) is 0.444. The van der Waals surface area contributed by atoms with Crippen molar-refractivity contribution in [3.63, 3.8) is 0 Å².